The molecule has 0 aliphatic rings. The van der Waals surface area contributed by atoms with Crippen molar-refractivity contribution in [3.63, 3.8) is 0 Å². The van der Waals surface area contributed by atoms with Gasteiger partial charge in [0.1, 0.15) is 6.33 Å². The molecule has 0 fully saturated rings. The van der Waals surface area contributed by atoms with Gasteiger partial charge in [0, 0.05) is 7.05 Å². The number of hydrogen-bond acceptors (Lipinski definition) is 6. The standard InChI is InChI=1S/C12H11N7O2/c1-18-12(21)19-6-14-9(10(19)16-17-18)11(20)15-8-5-3-2-4-7(8)13/h2-6H,13H2,1H3,(H,15,20). The minimum absolute atomic E-state index is 0.00320. The number of aryl methyl sites for hydroxylation is 1. The molecule has 0 aliphatic carbocycles. The summed E-state index contributed by atoms with van der Waals surface area (Å²) in [5.41, 5.74) is 6.30. The maximum Gasteiger partial charge on any atom is 0.352 e. The molecule has 0 saturated carbocycles. The first-order chi connectivity index (χ1) is 10.1. The van der Waals surface area contributed by atoms with Crippen LogP contribution in [-0.2, 0) is 7.05 Å². The molecule has 106 valence electrons. The Hall–Kier alpha value is -3.23. The van der Waals surface area contributed by atoms with Gasteiger partial charge in [-0.25, -0.2) is 14.2 Å². The van der Waals surface area contributed by atoms with E-state index in [0.29, 0.717) is 11.4 Å². The van der Waals surface area contributed by atoms with E-state index in [2.05, 4.69) is 20.6 Å². The van der Waals surface area contributed by atoms with Crippen LogP contribution in [0.15, 0.2) is 35.4 Å². The van der Waals surface area contributed by atoms with Gasteiger partial charge in [-0.15, -0.1) is 5.10 Å². The van der Waals surface area contributed by atoms with Gasteiger partial charge in [0.15, 0.2) is 11.3 Å². The van der Waals surface area contributed by atoms with Gasteiger partial charge < -0.3 is 11.1 Å². The monoisotopic (exact) mass is 285 g/mol. The first-order valence-corrected chi connectivity index (χ1v) is 6.01. The van der Waals surface area contributed by atoms with Crippen molar-refractivity contribution in [2.45, 2.75) is 0 Å². The van der Waals surface area contributed by atoms with Crippen LogP contribution in [0.25, 0.3) is 5.65 Å². The lowest BCUT2D eigenvalue weighted by Crippen LogP contribution is -2.27. The molecule has 0 atom stereocenters. The highest BCUT2D eigenvalue weighted by atomic mass is 16.2. The number of rotatable bonds is 2. The molecule has 2 aromatic heterocycles. The van der Waals surface area contributed by atoms with Gasteiger partial charge in [-0.05, 0) is 12.1 Å². The summed E-state index contributed by atoms with van der Waals surface area (Å²) in [5.74, 6) is -0.516. The van der Waals surface area contributed by atoms with Gasteiger partial charge in [0.25, 0.3) is 5.91 Å². The summed E-state index contributed by atoms with van der Waals surface area (Å²) in [6.45, 7) is 0. The van der Waals surface area contributed by atoms with Crippen LogP contribution < -0.4 is 16.7 Å². The number of nitrogens with one attached hydrogen (secondary N) is 1. The molecule has 3 N–H and O–H groups in total. The predicted octanol–water partition coefficient (Wildman–Crippen LogP) is -0.343. The van der Waals surface area contributed by atoms with Crippen LogP contribution in [0.1, 0.15) is 10.5 Å². The van der Waals surface area contributed by atoms with E-state index >= 15 is 0 Å². The number of nitrogens with zero attached hydrogens (tertiary/aromatic N) is 5. The van der Waals surface area contributed by atoms with Crippen molar-refractivity contribution in [1.82, 2.24) is 24.4 Å². The van der Waals surface area contributed by atoms with E-state index in [1.165, 1.54) is 13.4 Å². The van der Waals surface area contributed by atoms with Crippen molar-refractivity contribution in [2.24, 2.45) is 7.05 Å². The maximum absolute atomic E-state index is 12.2. The molecular weight excluding hydrogens is 274 g/mol. The summed E-state index contributed by atoms with van der Waals surface area (Å²) < 4.78 is 2.20. The van der Waals surface area contributed by atoms with E-state index < -0.39 is 11.6 Å². The molecule has 1 aromatic carbocycles. The average Bonchev–Trinajstić information content (AvgIpc) is 2.90. The summed E-state index contributed by atoms with van der Waals surface area (Å²) >= 11 is 0. The molecule has 2 heterocycles. The fourth-order valence-electron chi connectivity index (χ4n) is 1.83. The summed E-state index contributed by atoms with van der Waals surface area (Å²) in [6.07, 6.45) is 1.23. The molecule has 0 aliphatic heterocycles. The second kappa shape index (κ2) is 4.71. The predicted molar refractivity (Wildman–Crippen MR) is 74.8 cm³/mol. The first kappa shape index (κ1) is 12.8. The van der Waals surface area contributed by atoms with Gasteiger partial charge in [-0.2, -0.15) is 4.68 Å². The van der Waals surface area contributed by atoms with Crippen LogP contribution in [0.4, 0.5) is 11.4 Å². The van der Waals surface area contributed by atoms with Crippen molar-refractivity contribution in [2.75, 3.05) is 11.1 Å². The maximum atomic E-state index is 12.2. The molecule has 0 bridgehead atoms. The molecule has 9 nitrogen and oxygen atoms in total. The highest BCUT2D eigenvalue weighted by Gasteiger charge is 2.17. The molecule has 0 spiro atoms. The third-order valence-electron chi connectivity index (χ3n) is 2.92. The molecule has 0 saturated heterocycles. The summed E-state index contributed by atoms with van der Waals surface area (Å²) in [6, 6.07) is 6.83. The number of benzene rings is 1. The third-order valence-corrected chi connectivity index (χ3v) is 2.92. The Morgan fingerprint density at radius 3 is 2.86 bits per heavy atom. The van der Waals surface area contributed by atoms with Crippen LogP contribution in [-0.4, -0.2) is 30.3 Å². The SMILES string of the molecule is Cn1nnc2c(C(=O)Nc3ccccc3N)ncn2c1=O. The molecule has 0 unspecified atom stereocenters. The fourth-order valence-corrected chi connectivity index (χ4v) is 1.83. The minimum Gasteiger partial charge on any atom is -0.397 e. The van der Waals surface area contributed by atoms with Gasteiger partial charge >= 0.3 is 5.69 Å². The number of carbonyl (C=O) groups excluding carboxylic acids is 1. The van der Waals surface area contributed by atoms with Crippen LogP contribution in [0.2, 0.25) is 0 Å². The Bertz CT molecular complexity index is 896. The lowest BCUT2D eigenvalue weighted by molar-refractivity contribution is 0.102. The Labute approximate surface area is 118 Å². The molecule has 21 heavy (non-hydrogen) atoms. The quantitative estimate of drug-likeness (QED) is 0.621. The zero-order valence-corrected chi connectivity index (χ0v) is 11.0. The summed E-state index contributed by atoms with van der Waals surface area (Å²) in [7, 11) is 1.46. The van der Waals surface area contributed by atoms with E-state index in [4.69, 9.17) is 5.73 Å². The second-order valence-corrected chi connectivity index (χ2v) is 4.32. The van der Waals surface area contributed by atoms with E-state index in [9.17, 15) is 9.59 Å². The van der Waals surface area contributed by atoms with Gasteiger partial charge in [0.05, 0.1) is 11.4 Å². The normalized spacial score (nSPS) is 10.7. The van der Waals surface area contributed by atoms with E-state index in [1.807, 2.05) is 0 Å². The van der Waals surface area contributed by atoms with Crippen LogP contribution in [0.3, 0.4) is 0 Å². The van der Waals surface area contributed by atoms with Crippen LogP contribution in [0.5, 0.6) is 0 Å². The zero-order chi connectivity index (χ0) is 15.0. The number of carbonyl (C=O) groups is 1. The summed E-state index contributed by atoms with van der Waals surface area (Å²) in [5, 5.41) is 10.1. The van der Waals surface area contributed by atoms with Crippen LogP contribution >= 0.6 is 0 Å². The smallest absolute Gasteiger partial charge is 0.352 e. The molecule has 3 rings (SSSR count). The van der Waals surface area contributed by atoms with Crippen molar-refractivity contribution in [3.05, 3.63) is 46.8 Å². The number of nitrogen functional groups attached to an aromatic ring is 1. The topological polar surface area (TPSA) is 120 Å². The number of amides is 1. The van der Waals surface area contributed by atoms with Gasteiger partial charge in [0.2, 0.25) is 0 Å². The number of aromatic nitrogens is 5. The Morgan fingerprint density at radius 1 is 1.33 bits per heavy atom. The fraction of sp³-hybridized carbons (Fsp3) is 0.0833. The molecule has 9 heteroatoms. The lowest BCUT2D eigenvalue weighted by atomic mass is 10.2. The van der Waals surface area contributed by atoms with Crippen LogP contribution in [0, 0.1) is 0 Å². The van der Waals surface area contributed by atoms with Crippen molar-refractivity contribution < 1.29 is 4.79 Å². The number of para-hydroxylation sites is 2. The van der Waals surface area contributed by atoms with Crippen molar-refractivity contribution in [3.8, 4) is 0 Å². The highest BCUT2D eigenvalue weighted by Crippen LogP contribution is 2.18. The highest BCUT2D eigenvalue weighted by molar-refractivity contribution is 6.07. The Morgan fingerprint density at radius 2 is 2.10 bits per heavy atom. The van der Waals surface area contributed by atoms with E-state index in [-0.39, 0.29) is 11.3 Å². The largest absolute Gasteiger partial charge is 0.397 e. The number of hydrogen-bond donors (Lipinski definition) is 2. The van der Waals surface area contributed by atoms with E-state index in [1.54, 1.807) is 24.3 Å². The first-order valence-electron chi connectivity index (χ1n) is 6.01. The van der Waals surface area contributed by atoms with E-state index in [0.717, 1.165) is 9.08 Å². The van der Waals surface area contributed by atoms with Gasteiger partial charge in [-0.3, -0.25) is 4.79 Å². The minimum atomic E-state index is -0.516. The zero-order valence-electron chi connectivity index (χ0n) is 11.0. The Kier molecular flexibility index (Phi) is 2.87. The number of imidazole rings is 1. The van der Waals surface area contributed by atoms with Crippen molar-refractivity contribution >= 4 is 22.9 Å². The number of anilines is 2. The average molecular weight is 285 g/mol. The molecule has 1 amide bonds. The van der Waals surface area contributed by atoms with Gasteiger partial charge in [-0.1, -0.05) is 17.3 Å². The third kappa shape index (κ3) is 2.10. The molecular formula is C12H11N7O2. The number of nitrogens with two attached hydrogens (primary N) is 1. The molecule has 3 aromatic rings. The number of fused-ring (bicyclic) bond motifs is 1. The lowest BCUT2D eigenvalue weighted by Gasteiger charge is -2.06. The second-order valence-electron chi connectivity index (χ2n) is 4.32. The Balaban J connectivity index is 2.01. The summed E-state index contributed by atoms with van der Waals surface area (Å²) in [4.78, 5) is 27.9. The van der Waals surface area contributed by atoms with Crippen molar-refractivity contribution in [1.29, 1.82) is 0 Å². The molecule has 0 radical (unpaired) electrons.